The minimum atomic E-state index is -0.724. The zero-order valence-electron chi connectivity index (χ0n) is 21.1. The van der Waals surface area contributed by atoms with Crippen LogP contribution in [0.2, 0.25) is 0 Å². The van der Waals surface area contributed by atoms with Crippen molar-refractivity contribution in [3.05, 3.63) is 48.2 Å². The van der Waals surface area contributed by atoms with Gasteiger partial charge in [0.05, 0.1) is 30.3 Å². The van der Waals surface area contributed by atoms with Gasteiger partial charge in [-0.05, 0) is 56.0 Å². The summed E-state index contributed by atoms with van der Waals surface area (Å²) in [5, 5.41) is 2.83. The SMILES string of the molecule is CC(=O)NCC1(C)COC(c2nc(-c3ccc(F)cc3)c(-c3ccnc(OC4CCCCC4)n3)[nH]2)OC1. The van der Waals surface area contributed by atoms with Crippen molar-refractivity contribution in [2.75, 3.05) is 19.8 Å². The van der Waals surface area contributed by atoms with Crippen LogP contribution in [0.5, 0.6) is 6.01 Å². The predicted molar refractivity (Wildman–Crippen MR) is 134 cm³/mol. The highest BCUT2D eigenvalue weighted by molar-refractivity contribution is 5.76. The monoisotopic (exact) mass is 509 g/mol. The van der Waals surface area contributed by atoms with E-state index in [1.807, 2.05) is 6.92 Å². The Morgan fingerprint density at radius 3 is 2.57 bits per heavy atom. The minimum absolute atomic E-state index is 0.0975. The van der Waals surface area contributed by atoms with E-state index in [-0.39, 0.29) is 23.2 Å². The Bertz CT molecular complexity index is 1220. The first-order chi connectivity index (χ1) is 17.9. The molecule has 2 aromatic heterocycles. The number of amides is 1. The number of hydrogen-bond acceptors (Lipinski definition) is 7. The second kappa shape index (κ2) is 10.9. The molecule has 0 radical (unpaired) electrons. The number of H-pyrrole nitrogens is 1. The van der Waals surface area contributed by atoms with Gasteiger partial charge in [-0.1, -0.05) is 13.3 Å². The molecule has 2 fully saturated rings. The van der Waals surface area contributed by atoms with Gasteiger partial charge in [0.15, 0.2) is 5.82 Å². The number of hydrogen-bond donors (Lipinski definition) is 2. The van der Waals surface area contributed by atoms with Crippen molar-refractivity contribution in [3.63, 3.8) is 0 Å². The molecule has 1 aromatic carbocycles. The normalized spacial score (nSPS) is 22.5. The van der Waals surface area contributed by atoms with Crippen LogP contribution < -0.4 is 10.1 Å². The van der Waals surface area contributed by atoms with E-state index in [2.05, 4.69) is 20.3 Å². The summed E-state index contributed by atoms with van der Waals surface area (Å²) in [5.41, 5.74) is 2.20. The van der Waals surface area contributed by atoms with Gasteiger partial charge in [-0.15, -0.1) is 0 Å². The summed E-state index contributed by atoms with van der Waals surface area (Å²) in [6, 6.07) is 8.24. The Labute approximate surface area is 215 Å². The van der Waals surface area contributed by atoms with E-state index in [9.17, 15) is 9.18 Å². The lowest BCUT2D eigenvalue weighted by Gasteiger charge is -2.36. The Balaban J connectivity index is 1.41. The summed E-state index contributed by atoms with van der Waals surface area (Å²) in [6.07, 6.45) is 6.58. The van der Waals surface area contributed by atoms with Crippen molar-refractivity contribution in [1.29, 1.82) is 0 Å². The molecule has 1 amide bonds. The van der Waals surface area contributed by atoms with Crippen LogP contribution >= 0.6 is 0 Å². The molecular weight excluding hydrogens is 477 g/mol. The largest absolute Gasteiger partial charge is 0.460 e. The molecule has 0 atom stereocenters. The maximum atomic E-state index is 13.7. The van der Waals surface area contributed by atoms with Gasteiger partial charge in [0.2, 0.25) is 12.2 Å². The van der Waals surface area contributed by atoms with Crippen LogP contribution in [-0.4, -0.2) is 51.7 Å². The predicted octanol–water partition coefficient (Wildman–Crippen LogP) is 4.57. The molecule has 2 N–H and O–H groups in total. The standard InChI is InChI=1S/C27H32FN5O4/c1-17(34)30-14-27(2)15-35-25(36-16-27)24-32-22(18-8-10-19(28)11-9-18)23(33-24)21-12-13-29-26(31-21)37-20-6-4-3-5-7-20/h8-13,20,25H,3-7,14-16H2,1-2H3,(H,30,34)(H,32,33). The van der Waals surface area contributed by atoms with Crippen LogP contribution in [0.3, 0.4) is 0 Å². The molecule has 5 rings (SSSR count). The van der Waals surface area contributed by atoms with Gasteiger partial charge in [0, 0.05) is 30.6 Å². The van der Waals surface area contributed by atoms with E-state index in [1.54, 1.807) is 24.4 Å². The molecule has 0 spiro atoms. The van der Waals surface area contributed by atoms with Gasteiger partial charge < -0.3 is 24.5 Å². The number of rotatable bonds is 7. The Kier molecular flexibility index (Phi) is 7.48. The highest BCUT2D eigenvalue weighted by atomic mass is 19.1. The summed E-state index contributed by atoms with van der Waals surface area (Å²) >= 11 is 0. The maximum Gasteiger partial charge on any atom is 0.317 e. The number of aromatic amines is 1. The van der Waals surface area contributed by atoms with Crippen LogP contribution in [0.4, 0.5) is 4.39 Å². The van der Waals surface area contributed by atoms with Crippen molar-refractivity contribution < 1.29 is 23.4 Å². The first-order valence-electron chi connectivity index (χ1n) is 12.7. The van der Waals surface area contributed by atoms with Crippen molar-refractivity contribution in [1.82, 2.24) is 25.3 Å². The molecule has 1 saturated carbocycles. The Hall–Kier alpha value is -3.37. The fourth-order valence-corrected chi connectivity index (χ4v) is 4.62. The van der Waals surface area contributed by atoms with E-state index in [0.717, 1.165) is 31.2 Å². The lowest BCUT2D eigenvalue weighted by atomic mass is 9.92. The van der Waals surface area contributed by atoms with Crippen LogP contribution in [0.25, 0.3) is 22.6 Å². The third kappa shape index (κ3) is 6.14. The second-order valence-electron chi connectivity index (χ2n) is 10.1. The summed E-state index contributed by atoms with van der Waals surface area (Å²) in [6.45, 7) is 4.69. The molecule has 2 aliphatic rings. The van der Waals surface area contributed by atoms with Crippen LogP contribution in [0.15, 0.2) is 36.5 Å². The molecular formula is C27H32FN5O4. The van der Waals surface area contributed by atoms with E-state index in [1.165, 1.54) is 25.5 Å². The second-order valence-corrected chi connectivity index (χ2v) is 10.1. The van der Waals surface area contributed by atoms with Gasteiger partial charge in [-0.25, -0.2) is 14.4 Å². The fourth-order valence-electron chi connectivity index (χ4n) is 4.62. The summed E-state index contributed by atoms with van der Waals surface area (Å²) in [7, 11) is 0. The van der Waals surface area contributed by atoms with Gasteiger partial charge in [0.1, 0.15) is 11.9 Å². The Morgan fingerprint density at radius 1 is 1.14 bits per heavy atom. The van der Waals surface area contributed by atoms with E-state index >= 15 is 0 Å². The number of carbonyl (C=O) groups excluding carboxylic acids is 1. The average Bonchev–Trinajstić information content (AvgIpc) is 3.35. The first-order valence-corrected chi connectivity index (χ1v) is 12.7. The fraction of sp³-hybridized carbons (Fsp3) is 0.481. The third-order valence-electron chi connectivity index (χ3n) is 6.71. The highest BCUT2D eigenvalue weighted by Gasteiger charge is 2.35. The number of carbonyl (C=O) groups is 1. The van der Waals surface area contributed by atoms with Crippen molar-refractivity contribution in [2.24, 2.45) is 5.41 Å². The van der Waals surface area contributed by atoms with Gasteiger partial charge in [-0.2, -0.15) is 4.98 Å². The number of nitrogens with one attached hydrogen (secondary N) is 2. The molecule has 0 bridgehead atoms. The van der Waals surface area contributed by atoms with E-state index in [4.69, 9.17) is 19.2 Å². The quantitative estimate of drug-likeness (QED) is 0.480. The maximum absolute atomic E-state index is 13.7. The van der Waals surface area contributed by atoms with Gasteiger partial charge in [0.25, 0.3) is 0 Å². The van der Waals surface area contributed by atoms with Crippen molar-refractivity contribution in [3.8, 4) is 28.7 Å². The van der Waals surface area contributed by atoms with Crippen LogP contribution in [-0.2, 0) is 14.3 Å². The molecule has 196 valence electrons. The zero-order chi connectivity index (χ0) is 25.8. The molecule has 1 aliphatic heterocycles. The van der Waals surface area contributed by atoms with Crippen molar-refractivity contribution >= 4 is 5.91 Å². The number of aromatic nitrogens is 4. The van der Waals surface area contributed by atoms with Crippen LogP contribution in [0, 0.1) is 11.2 Å². The molecule has 10 heteroatoms. The van der Waals surface area contributed by atoms with Gasteiger partial charge >= 0.3 is 6.01 Å². The molecule has 9 nitrogen and oxygen atoms in total. The minimum Gasteiger partial charge on any atom is -0.460 e. The lowest BCUT2D eigenvalue weighted by Crippen LogP contribution is -2.45. The summed E-state index contributed by atoms with van der Waals surface area (Å²) in [5.74, 6) is 0.0487. The molecule has 3 heterocycles. The third-order valence-corrected chi connectivity index (χ3v) is 6.71. The average molecular weight is 510 g/mol. The lowest BCUT2D eigenvalue weighted by molar-refractivity contribution is -0.232. The smallest absolute Gasteiger partial charge is 0.317 e. The van der Waals surface area contributed by atoms with Gasteiger partial charge in [-0.3, -0.25) is 4.79 Å². The summed E-state index contributed by atoms with van der Waals surface area (Å²) in [4.78, 5) is 28.4. The zero-order valence-corrected chi connectivity index (χ0v) is 21.1. The number of benzene rings is 1. The van der Waals surface area contributed by atoms with Crippen LogP contribution in [0.1, 0.15) is 58.1 Å². The van der Waals surface area contributed by atoms with E-state index in [0.29, 0.717) is 48.7 Å². The number of nitrogens with zero attached hydrogens (tertiary/aromatic N) is 3. The molecule has 3 aromatic rings. The topological polar surface area (TPSA) is 111 Å². The first kappa shape index (κ1) is 25.3. The summed E-state index contributed by atoms with van der Waals surface area (Å²) < 4.78 is 31.8. The molecule has 37 heavy (non-hydrogen) atoms. The number of ether oxygens (including phenoxy) is 3. The Morgan fingerprint density at radius 2 is 1.86 bits per heavy atom. The van der Waals surface area contributed by atoms with E-state index < -0.39 is 6.29 Å². The number of imidazole rings is 1. The van der Waals surface area contributed by atoms with Crippen molar-refractivity contribution in [2.45, 2.75) is 58.3 Å². The molecule has 1 saturated heterocycles. The molecule has 0 unspecified atom stereocenters. The number of halogens is 1. The molecule has 1 aliphatic carbocycles. The highest BCUT2D eigenvalue weighted by Crippen LogP contribution is 2.35.